The van der Waals surface area contributed by atoms with Crippen molar-refractivity contribution >= 4 is 24.5 Å². The van der Waals surface area contributed by atoms with Crippen LogP contribution in [0.1, 0.15) is 19.8 Å². The number of carboxylic acids is 1. The van der Waals surface area contributed by atoms with Gasteiger partial charge in [-0.3, -0.25) is 4.79 Å². The van der Waals surface area contributed by atoms with Gasteiger partial charge in [-0.25, -0.2) is 0 Å². The molecule has 0 aromatic rings. The maximum Gasteiger partial charge on any atom is 0.226 e. The van der Waals surface area contributed by atoms with Crippen LogP contribution in [0.15, 0.2) is 0 Å². The third-order valence-corrected chi connectivity index (χ3v) is 3.05. The lowest BCUT2D eigenvalue weighted by Gasteiger charge is -2.27. The Bertz CT molecular complexity index is 244. The Morgan fingerprint density at radius 2 is 2.29 bits per heavy atom. The molecule has 1 aliphatic rings. The van der Waals surface area contributed by atoms with E-state index in [9.17, 15) is 14.7 Å². The van der Waals surface area contributed by atoms with Crippen LogP contribution in [0, 0.1) is 5.92 Å². The molecule has 1 aliphatic heterocycles. The Kier molecular flexibility index (Phi) is 3.80. The van der Waals surface area contributed by atoms with Crippen molar-refractivity contribution in [2.45, 2.75) is 25.8 Å². The zero-order chi connectivity index (χ0) is 10.7. The Hall–Kier alpha value is -0.710. The van der Waals surface area contributed by atoms with E-state index in [1.54, 1.807) is 6.92 Å². The number of hydrogen-bond donors (Lipinski definition) is 1. The quantitative estimate of drug-likeness (QED) is 0.634. The Morgan fingerprint density at radius 3 is 2.79 bits per heavy atom. The lowest BCUT2D eigenvalue weighted by Crippen LogP contribution is -2.48. The average Bonchev–Trinajstić information content (AvgIpc) is 2.63. The highest BCUT2D eigenvalue weighted by atomic mass is 32.1. The van der Waals surface area contributed by atoms with Gasteiger partial charge >= 0.3 is 0 Å². The number of hydrogen-bond acceptors (Lipinski definition) is 4. The van der Waals surface area contributed by atoms with E-state index < -0.39 is 12.0 Å². The Balaban J connectivity index is 2.67. The van der Waals surface area contributed by atoms with E-state index in [1.807, 2.05) is 0 Å². The van der Waals surface area contributed by atoms with Gasteiger partial charge in [-0.1, -0.05) is 6.92 Å². The summed E-state index contributed by atoms with van der Waals surface area (Å²) in [5.41, 5.74) is 0. The minimum Gasteiger partial charge on any atom is -0.548 e. The van der Waals surface area contributed by atoms with Crippen LogP contribution in [-0.4, -0.2) is 35.1 Å². The number of amides is 1. The fourth-order valence-electron chi connectivity index (χ4n) is 1.64. The first kappa shape index (κ1) is 11.4. The number of aliphatic carboxylic acids is 1. The summed E-state index contributed by atoms with van der Waals surface area (Å²) in [7, 11) is 0. The second-order valence-corrected chi connectivity index (χ2v) is 3.96. The van der Waals surface area contributed by atoms with E-state index in [1.165, 1.54) is 4.90 Å². The molecule has 0 aromatic carbocycles. The number of thiol groups is 1. The summed E-state index contributed by atoms with van der Waals surface area (Å²) >= 11 is 4.02. The molecule has 1 saturated heterocycles. The largest absolute Gasteiger partial charge is 0.548 e. The summed E-state index contributed by atoms with van der Waals surface area (Å²) < 4.78 is 0. The van der Waals surface area contributed by atoms with Gasteiger partial charge in [0, 0.05) is 18.2 Å². The van der Waals surface area contributed by atoms with E-state index in [-0.39, 0.29) is 11.8 Å². The number of likely N-dealkylation sites (tertiary alicyclic amines) is 1. The van der Waals surface area contributed by atoms with Gasteiger partial charge in [0.2, 0.25) is 5.91 Å². The molecule has 0 saturated carbocycles. The smallest absolute Gasteiger partial charge is 0.226 e. The molecule has 1 amide bonds. The van der Waals surface area contributed by atoms with Crippen molar-refractivity contribution in [3.63, 3.8) is 0 Å². The van der Waals surface area contributed by atoms with Gasteiger partial charge in [0.25, 0.3) is 0 Å². The molecule has 14 heavy (non-hydrogen) atoms. The number of nitrogens with zero attached hydrogens (tertiary/aromatic N) is 1. The summed E-state index contributed by atoms with van der Waals surface area (Å²) in [6, 6.07) is -0.732. The molecule has 1 rings (SSSR count). The summed E-state index contributed by atoms with van der Waals surface area (Å²) in [4.78, 5) is 23.8. The molecule has 0 bridgehead atoms. The molecule has 4 nitrogen and oxygen atoms in total. The van der Waals surface area contributed by atoms with Crippen molar-refractivity contribution in [2.75, 3.05) is 12.3 Å². The molecule has 0 radical (unpaired) electrons. The second-order valence-electron chi connectivity index (χ2n) is 3.59. The lowest BCUT2D eigenvalue weighted by atomic mass is 10.1. The van der Waals surface area contributed by atoms with Crippen LogP contribution >= 0.6 is 12.6 Å². The van der Waals surface area contributed by atoms with Crippen LogP contribution in [0.5, 0.6) is 0 Å². The van der Waals surface area contributed by atoms with Gasteiger partial charge in [-0.05, 0) is 12.8 Å². The number of carboxylic acid groups (broad SMARTS) is 1. The predicted molar refractivity (Wildman–Crippen MR) is 52.8 cm³/mol. The summed E-state index contributed by atoms with van der Waals surface area (Å²) in [5.74, 6) is -1.07. The first-order chi connectivity index (χ1) is 6.57. The molecule has 0 spiro atoms. The molecule has 2 atom stereocenters. The van der Waals surface area contributed by atoms with Crippen molar-refractivity contribution in [2.24, 2.45) is 5.92 Å². The molecular formula is C9H14NO3S-. The maximum absolute atomic E-state index is 11.7. The monoisotopic (exact) mass is 216 g/mol. The minimum atomic E-state index is -1.15. The molecule has 1 fully saturated rings. The average molecular weight is 216 g/mol. The summed E-state index contributed by atoms with van der Waals surface area (Å²) in [5, 5.41) is 10.7. The van der Waals surface area contributed by atoms with Crippen LogP contribution in [-0.2, 0) is 9.59 Å². The Labute approximate surface area is 88.7 Å². The third kappa shape index (κ3) is 2.20. The summed E-state index contributed by atoms with van der Waals surface area (Å²) in [6.07, 6.45) is 1.25. The molecular weight excluding hydrogens is 202 g/mol. The van der Waals surface area contributed by atoms with Crippen LogP contribution in [0.2, 0.25) is 0 Å². The van der Waals surface area contributed by atoms with Gasteiger partial charge in [0.05, 0.1) is 12.0 Å². The molecule has 0 aliphatic carbocycles. The zero-order valence-corrected chi connectivity index (χ0v) is 9.00. The highest BCUT2D eigenvalue weighted by molar-refractivity contribution is 7.80. The maximum atomic E-state index is 11.7. The van der Waals surface area contributed by atoms with Crippen LogP contribution in [0.25, 0.3) is 0 Å². The van der Waals surface area contributed by atoms with Crippen molar-refractivity contribution in [1.29, 1.82) is 0 Å². The first-order valence-corrected chi connectivity index (χ1v) is 5.33. The third-order valence-electron chi connectivity index (χ3n) is 2.50. The fourth-order valence-corrected chi connectivity index (χ4v) is 1.79. The molecule has 1 heterocycles. The second kappa shape index (κ2) is 4.68. The minimum absolute atomic E-state index is 0.133. The molecule has 80 valence electrons. The topological polar surface area (TPSA) is 60.4 Å². The van der Waals surface area contributed by atoms with E-state index in [4.69, 9.17) is 0 Å². The van der Waals surface area contributed by atoms with Crippen molar-refractivity contribution in [3.05, 3.63) is 0 Å². The predicted octanol–water partition coefficient (Wildman–Crippen LogP) is -0.707. The summed E-state index contributed by atoms with van der Waals surface area (Å²) in [6.45, 7) is 2.27. The molecule has 5 heteroatoms. The van der Waals surface area contributed by atoms with Crippen LogP contribution < -0.4 is 5.11 Å². The van der Waals surface area contributed by atoms with Gasteiger partial charge in [-0.15, -0.1) is 0 Å². The van der Waals surface area contributed by atoms with Crippen LogP contribution in [0.3, 0.4) is 0 Å². The van der Waals surface area contributed by atoms with E-state index in [2.05, 4.69) is 12.6 Å². The fraction of sp³-hybridized carbons (Fsp3) is 0.778. The van der Waals surface area contributed by atoms with Gasteiger partial charge in [-0.2, -0.15) is 12.6 Å². The SMILES string of the molecule is C[C@H](CS)C(=O)N1CCC[C@@H]1C(=O)[O-]. The Morgan fingerprint density at radius 1 is 1.64 bits per heavy atom. The van der Waals surface area contributed by atoms with E-state index >= 15 is 0 Å². The van der Waals surface area contributed by atoms with Crippen LogP contribution in [0.4, 0.5) is 0 Å². The molecule has 0 aromatic heterocycles. The zero-order valence-electron chi connectivity index (χ0n) is 8.10. The number of carbonyl (C=O) groups is 2. The highest BCUT2D eigenvalue weighted by Crippen LogP contribution is 2.19. The van der Waals surface area contributed by atoms with E-state index in [0.29, 0.717) is 18.7 Å². The lowest BCUT2D eigenvalue weighted by molar-refractivity contribution is -0.310. The van der Waals surface area contributed by atoms with Gasteiger partial charge < -0.3 is 14.8 Å². The number of carbonyl (C=O) groups excluding carboxylic acids is 2. The highest BCUT2D eigenvalue weighted by Gasteiger charge is 2.31. The standard InChI is InChI=1S/C9H15NO3S/c1-6(5-14)8(11)10-4-2-3-7(10)9(12)13/h6-7,14H,2-5H2,1H3,(H,12,13)/p-1/t6-,7-/m1/s1. The van der Waals surface area contributed by atoms with Gasteiger partial charge in [0.1, 0.15) is 0 Å². The molecule has 0 N–H and O–H groups in total. The van der Waals surface area contributed by atoms with Crippen molar-refractivity contribution < 1.29 is 14.7 Å². The first-order valence-electron chi connectivity index (χ1n) is 4.70. The number of rotatable bonds is 3. The molecule has 0 unspecified atom stereocenters. The van der Waals surface area contributed by atoms with Crippen molar-refractivity contribution in [3.8, 4) is 0 Å². The van der Waals surface area contributed by atoms with Gasteiger partial charge in [0.15, 0.2) is 0 Å². The van der Waals surface area contributed by atoms with Crippen molar-refractivity contribution in [1.82, 2.24) is 4.90 Å². The normalized spacial score (nSPS) is 23.6. The van der Waals surface area contributed by atoms with E-state index in [0.717, 1.165) is 6.42 Å².